The molecule has 0 radical (unpaired) electrons. The Kier molecular flexibility index (Phi) is 4.93. The van der Waals surface area contributed by atoms with Crippen molar-refractivity contribution in [1.29, 1.82) is 0 Å². The summed E-state index contributed by atoms with van der Waals surface area (Å²) in [5.41, 5.74) is 1.04. The molecule has 0 spiro atoms. The minimum atomic E-state index is -0.395. The molecule has 0 saturated carbocycles. The van der Waals surface area contributed by atoms with Gasteiger partial charge in [0, 0.05) is 12.3 Å². The molecule has 1 aromatic carbocycles. The fraction of sp³-hybridized carbons (Fsp3) is 0.294. The van der Waals surface area contributed by atoms with Gasteiger partial charge in [-0.2, -0.15) is 0 Å². The summed E-state index contributed by atoms with van der Waals surface area (Å²) in [5, 5.41) is 2.92. The van der Waals surface area contributed by atoms with Crippen molar-refractivity contribution in [1.82, 2.24) is 5.32 Å². The van der Waals surface area contributed by atoms with E-state index in [0.29, 0.717) is 5.76 Å². The SMILES string of the molecule is C[C@H](NC(=O)[C@@H](C)CC(=O)c1ccco1)c1ccccc1. The van der Waals surface area contributed by atoms with Gasteiger partial charge in [0.15, 0.2) is 11.5 Å². The lowest BCUT2D eigenvalue weighted by Crippen LogP contribution is -2.32. The van der Waals surface area contributed by atoms with Gasteiger partial charge >= 0.3 is 0 Å². The molecule has 1 amide bonds. The number of benzene rings is 1. The van der Waals surface area contributed by atoms with E-state index in [1.165, 1.54) is 6.26 Å². The van der Waals surface area contributed by atoms with Crippen LogP contribution in [-0.2, 0) is 4.79 Å². The standard InChI is InChI=1S/C17H19NO3/c1-12(11-15(19)16-9-6-10-21-16)17(20)18-13(2)14-7-4-3-5-8-14/h3-10,12-13H,11H2,1-2H3,(H,18,20)/t12-,13-/m0/s1. The van der Waals surface area contributed by atoms with Crippen LogP contribution in [0.5, 0.6) is 0 Å². The second-order valence-electron chi connectivity index (χ2n) is 5.15. The summed E-state index contributed by atoms with van der Waals surface area (Å²) in [4.78, 5) is 24.0. The zero-order valence-corrected chi connectivity index (χ0v) is 12.2. The van der Waals surface area contributed by atoms with Crippen molar-refractivity contribution in [3.05, 3.63) is 60.1 Å². The molecule has 0 saturated heterocycles. The Morgan fingerprint density at radius 1 is 1.10 bits per heavy atom. The van der Waals surface area contributed by atoms with Crippen molar-refractivity contribution < 1.29 is 14.0 Å². The summed E-state index contributed by atoms with van der Waals surface area (Å²) < 4.78 is 5.05. The smallest absolute Gasteiger partial charge is 0.223 e. The first kappa shape index (κ1) is 15.0. The van der Waals surface area contributed by atoms with Crippen molar-refractivity contribution in [3.8, 4) is 0 Å². The first-order valence-electron chi connectivity index (χ1n) is 7.00. The van der Waals surface area contributed by atoms with E-state index < -0.39 is 5.92 Å². The molecule has 0 unspecified atom stereocenters. The fourth-order valence-electron chi connectivity index (χ4n) is 2.09. The normalized spacial score (nSPS) is 13.4. The van der Waals surface area contributed by atoms with Gasteiger partial charge in [0.25, 0.3) is 0 Å². The molecule has 0 aliphatic carbocycles. The molecule has 21 heavy (non-hydrogen) atoms. The molecule has 110 valence electrons. The summed E-state index contributed by atoms with van der Waals surface area (Å²) in [7, 11) is 0. The highest BCUT2D eigenvalue weighted by atomic mass is 16.3. The topological polar surface area (TPSA) is 59.3 Å². The lowest BCUT2D eigenvalue weighted by atomic mass is 10.0. The van der Waals surface area contributed by atoms with Crippen LogP contribution < -0.4 is 5.32 Å². The number of furan rings is 1. The van der Waals surface area contributed by atoms with Crippen LogP contribution in [0.3, 0.4) is 0 Å². The largest absolute Gasteiger partial charge is 0.461 e. The van der Waals surface area contributed by atoms with Gasteiger partial charge in [0.1, 0.15) is 0 Å². The van der Waals surface area contributed by atoms with E-state index in [2.05, 4.69) is 5.32 Å². The van der Waals surface area contributed by atoms with Gasteiger partial charge in [-0.25, -0.2) is 0 Å². The van der Waals surface area contributed by atoms with Crippen molar-refractivity contribution in [3.63, 3.8) is 0 Å². The number of amides is 1. The number of nitrogens with one attached hydrogen (secondary N) is 1. The Labute approximate surface area is 124 Å². The molecule has 2 aromatic rings. The maximum absolute atomic E-state index is 12.1. The Morgan fingerprint density at radius 3 is 2.43 bits per heavy atom. The third-order valence-corrected chi connectivity index (χ3v) is 3.39. The molecule has 0 fully saturated rings. The number of ketones is 1. The number of carbonyl (C=O) groups excluding carboxylic acids is 2. The Morgan fingerprint density at radius 2 is 1.81 bits per heavy atom. The van der Waals surface area contributed by atoms with Crippen LogP contribution in [0.25, 0.3) is 0 Å². The van der Waals surface area contributed by atoms with Gasteiger partial charge in [0.2, 0.25) is 5.91 Å². The van der Waals surface area contributed by atoms with E-state index in [-0.39, 0.29) is 24.2 Å². The van der Waals surface area contributed by atoms with E-state index in [9.17, 15) is 9.59 Å². The monoisotopic (exact) mass is 285 g/mol. The third-order valence-electron chi connectivity index (χ3n) is 3.39. The van der Waals surface area contributed by atoms with Gasteiger partial charge in [-0.1, -0.05) is 37.3 Å². The fourth-order valence-corrected chi connectivity index (χ4v) is 2.09. The van der Waals surface area contributed by atoms with Gasteiger partial charge in [-0.05, 0) is 24.6 Å². The number of carbonyl (C=O) groups is 2. The first-order valence-corrected chi connectivity index (χ1v) is 7.00. The molecule has 1 heterocycles. The summed E-state index contributed by atoms with van der Waals surface area (Å²) in [5.74, 6) is -0.388. The highest BCUT2D eigenvalue weighted by Gasteiger charge is 2.21. The number of hydrogen-bond donors (Lipinski definition) is 1. The molecule has 4 heteroatoms. The van der Waals surface area contributed by atoms with Crippen LogP contribution in [-0.4, -0.2) is 11.7 Å². The van der Waals surface area contributed by atoms with E-state index in [1.54, 1.807) is 19.1 Å². The van der Waals surface area contributed by atoms with Crippen molar-refractivity contribution in [2.75, 3.05) is 0 Å². The molecule has 2 atom stereocenters. The molecule has 4 nitrogen and oxygen atoms in total. The van der Waals surface area contributed by atoms with Gasteiger partial charge in [0.05, 0.1) is 12.3 Å². The summed E-state index contributed by atoms with van der Waals surface area (Å²) >= 11 is 0. The van der Waals surface area contributed by atoms with Crippen LogP contribution in [0.1, 0.15) is 42.4 Å². The Hall–Kier alpha value is -2.36. The van der Waals surface area contributed by atoms with Crippen LogP contribution in [0, 0.1) is 5.92 Å². The quantitative estimate of drug-likeness (QED) is 0.828. The Bertz CT molecular complexity index is 590. The summed E-state index contributed by atoms with van der Waals surface area (Å²) in [6.45, 7) is 3.67. The van der Waals surface area contributed by atoms with Crippen LogP contribution >= 0.6 is 0 Å². The second-order valence-corrected chi connectivity index (χ2v) is 5.15. The molecule has 0 aliphatic heterocycles. The van der Waals surface area contributed by atoms with Gasteiger partial charge in [-0.3, -0.25) is 9.59 Å². The number of rotatable bonds is 6. The maximum Gasteiger partial charge on any atom is 0.223 e. The maximum atomic E-state index is 12.1. The molecule has 0 aliphatic rings. The van der Waals surface area contributed by atoms with E-state index in [4.69, 9.17) is 4.42 Å². The molecule has 1 aromatic heterocycles. The zero-order valence-electron chi connectivity index (χ0n) is 12.2. The third kappa shape index (κ3) is 4.05. The lowest BCUT2D eigenvalue weighted by Gasteiger charge is -2.17. The van der Waals surface area contributed by atoms with E-state index >= 15 is 0 Å². The zero-order chi connectivity index (χ0) is 15.2. The molecular formula is C17H19NO3. The molecular weight excluding hydrogens is 266 g/mol. The van der Waals surface area contributed by atoms with Gasteiger partial charge < -0.3 is 9.73 Å². The highest BCUT2D eigenvalue weighted by Crippen LogP contribution is 2.15. The Balaban J connectivity index is 1.89. The predicted octanol–water partition coefficient (Wildman–Crippen LogP) is 3.37. The van der Waals surface area contributed by atoms with Crippen molar-refractivity contribution in [2.45, 2.75) is 26.3 Å². The molecule has 2 rings (SSSR count). The highest BCUT2D eigenvalue weighted by molar-refractivity contribution is 5.96. The minimum Gasteiger partial charge on any atom is -0.461 e. The van der Waals surface area contributed by atoms with E-state index in [0.717, 1.165) is 5.56 Å². The molecule has 1 N–H and O–H groups in total. The lowest BCUT2D eigenvalue weighted by molar-refractivity contribution is -0.125. The number of Topliss-reactive ketones (excluding diaryl/α,β-unsaturated/α-hetero) is 1. The summed E-state index contributed by atoms with van der Waals surface area (Å²) in [6, 6.07) is 12.9. The predicted molar refractivity (Wildman–Crippen MR) is 79.8 cm³/mol. The van der Waals surface area contributed by atoms with Crippen LogP contribution in [0.15, 0.2) is 53.1 Å². The number of hydrogen-bond acceptors (Lipinski definition) is 3. The minimum absolute atomic E-state index is 0.0835. The average Bonchev–Trinajstić information content (AvgIpc) is 3.02. The average molecular weight is 285 g/mol. The van der Waals surface area contributed by atoms with Crippen LogP contribution in [0.4, 0.5) is 0 Å². The van der Waals surface area contributed by atoms with Crippen molar-refractivity contribution in [2.24, 2.45) is 5.92 Å². The summed E-state index contributed by atoms with van der Waals surface area (Å²) in [6.07, 6.45) is 1.59. The van der Waals surface area contributed by atoms with Crippen LogP contribution in [0.2, 0.25) is 0 Å². The van der Waals surface area contributed by atoms with Gasteiger partial charge in [-0.15, -0.1) is 0 Å². The first-order chi connectivity index (χ1) is 10.1. The van der Waals surface area contributed by atoms with Crippen molar-refractivity contribution >= 4 is 11.7 Å². The van der Waals surface area contributed by atoms with E-state index in [1.807, 2.05) is 37.3 Å². The molecule has 0 bridgehead atoms. The second kappa shape index (κ2) is 6.88.